The van der Waals surface area contributed by atoms with Crippen LogP contribution in [-0.2, 0) is 0 Å². The lowest BCUT2D eigenvalue weighted by molar-refractivity contribution is 0.574. The molecule has 0 N–H and O–H groups in total. The van der Waals surface area contributed by atoms with Crippen molar-refractivity contribution in [3.8, 4) is 22.5 Å². The zero-order valence-electron chi connectivity index (χ0n) is 16.2. The number of hydrogen-bond donors (Lipinski definition) is 0. The molecule has 7 heteroatoms. The Labute approximate surface area is 172 Å². The van der Waals surface area contributed by atoms with E-state index in [1.54, 1.807) is 24.3 Å². The number of anilines is 1. The lowest BCUT2D eigenvalue weighted by Crippen LogP contribution is -2.30. The standard InChI is InChI=1S/C23H19F2N5/c24-17-8-4-15(5-9-17)19-20(16-6-10-18(25)11-7-16)29-22-21(28-19)23(27-14-26-22)30-12-2-1-3-13-30/h4-11,14H,1-3,12-13H2. The third-order valence-corrected chi connectivity index (χ3v) is 5.34. The Morgan fingerprint density at radius 3 is 1.83 bits per heavy atom. The van der Waals surface area contributed by atoms with Crippen LogP contribution in [0.4, 0.5) is 14.6 Å². The molecule has 0 radical (unpaired) electrons. The molecule has 5 rings (SSSR count). The van der Waals surface area contributed by atoms with Gasteiger partial charge in [-0.1, -0.05) is 0 Å². The first kappa shape index (κ1) is 18.5. The minimum Gasteiger partial charge on any atom is -0.355 e. The number of aromatic nitrogens is 4. The van der Waals surface area contributed by atoms with Crippen molar-refractivity contribution >= 4 is 17.0 Å². The Balaban J connectivity index is 1.74. The van der Waals surface area contributed by atoms with E-state index in [1.807, 2.05) is 0 Å². The summed E-state index contributed by atoms with van der Waals surface area (Å²) >= 11 is 0. The summed E-state index contributed by atoms with van der Waals surface area (Å²) < 4.78 is 27.0. The van der Waals surface area contributed by atoms with Gasteiger partial charge in [0.25, 0.3) is 0 Å². The first-order valence-electron chi connectivity index (χ1n) is 9.98. The van der Waals surface area contributed by atoms with Gasteiger partial charge in [-0.2, -0.15) is 0 Å². The van der Waals surface area contributed by atoms with Gasteiger partial charge in [-0.05, 0) is 67.8 Å². The summed E-state index contributed by atoms with van der Waals surface area (Å²) in [5, 5.41) is 0. The van der Waals surface area contributed by atoms with Crippen molar-refractivity contribution in [3.05, 3.63) is 66.5 Å². The van der Waals surface area contributed by atoms with Gasteiger partial charge in [0.05, 0.1) is 11.4 Å². The second-order valence-electron chi connectivity index (χ2n) is 7.35. The second kappa shape index (κ2) is 7.74. The van der Waals surface area contributed by atoms with Crippen molar-refractivity contribution < 1.29 is 8.78 Å². The first-order chi connectivity index (χ1) is 14.7. The van der Waals surface area contributed by atoms with E-state index in [9.17, 15) is 8.78 Å². The predicted octanol–water partition coefficient (Wildman–Crippen LogP) is 5.02. The number of benzene rings is 2. The number of halogens is 2. The molecular formula is C23H19F2N5. The molecule has 5 nitrogen and oxygen atoms in total. The summed E-state index contributed by atoms with van der Waals surface area (Å²) in [6.45, 7) is 1.83. The minimum atomic E-state index is -0.328. The number of hydrogen-bond acceptors (Lipinski definition) is 5. The Hall–Kier alpha value is -3.48. The van der Waals surface area contributed by atoms with Crippen LogP contribution in [0.2, 0.25) is 0 Å². The Kier molecular flexibility index (Phi) is 4.78. The quantitative estimate of drug-likeness (QED) is 0.481. The van der Waals surface area contributed by atoms with Gasteiger partial charge < -0.3 is 4.90 Å². The van der Waals surface area contributed by atoms with E-state index in [1.165, 1.54) is 37.0 Å². The van der Waals surface area contributed by atoms with Crippen LogP contribution in [0.5, 0.6) is 0 Å². The molecule has 0 aliphatic carbocycles. The highest BCUT2D eigenvalue weighted by atomic mass is 19.1. The van der Waals surface area contributed by atoms with Gasteiger partial charge in [0.15, 0.2) is 17.0 Å². The monoisotopic (exact) mass is 403 g/mol. The molecule has 0 unspecified atom stereocenters. The molecule has 3 heterocycles. The molecule has 0 spiro atoms. The predicted molar refractivity (Wildman–Crippen MR) is 112 cm³/mol. The molecule has 0 atom stereocenters. The van der Waals surface area contributed by atoms with E-state index in [0.29, 0.717) is 28.1 Å². The van der Waals surface area contributed by atoms with Crippen LogP contribution in [-0.4, -0.2) is 33.0 Å². The van der Waals surface area contributed by atoms with Gasteiger partial charge >= 0.3 is 0 Å². The average Bonchev–Trinajstić information content (AvgIpc) is 2.79. The SMILES string of the molecule is Fc1ccc(-c2nc3ncnc(N4CCCCC4)c3nc2-c2ccc(F)cc2)cc1. The van der Waals surface area contributed by atoms with Crippen molar-refractivity contribution in [2.75, 3.05) is 18.0 Å². The largest absolute Gasteiger partial charge is 0.355 e. The smallest absolute Gasteiger partial charge is 0.184 e. The van der Waals surface area contributed by atoms with Crippen LogP contribution in [0.3, 0.4) is 0 Å². The highest BCUT2D eigenvalue weighted by Gasteiger charge is 2.20. The zero-order valence-corrected chi connectivity index (χ0v) is 16.2. The van der Waals surface area contributed by atoms with Crippen LogP contribution >= 0.6 is 0 Å². The molecule has 0 amide bonds. The molecule has 0 saturated carbocycles. The van der Waals surface area contributed by atoms with Gasteiger partial charge in [0.1, 0.15) is 18.0 Å². The topological polar surface area (TPSA) is 54.8 Å². The zero-order chi connectivity index (χ0) is 20.5. The number of nitrogens with zero attached hydrogens (tertiary/aromatic N) is 5. The van der Waals surface area contributed by atoms with Crippen molar-refractivity contribution in [1.29, 1.82) is 0 Å². The van der Waals surface area contributed by atoms with E-state index >= 15 is 0 Å². The number of piperidine rings is 1. The molecule has 2 aromatic carbocycles. The molecule has 1 aliphatic heterocycles. The molecule has 2 aromatic heterocycles. The van der Waals surface area contributed by atoms with Crippen LogP contribution < -0.4 is 4.90 Å². The summed E-state index contributed by atoms with van der Waals surface area (Å²) in [7, 11) is 0. The third kappa shape index (κ3) is 3.47. The third-order valence-electron chi connectivity index (χ3n) is 5.34. The van der Waals surface area contributed by atoms with Gasteiger partial charge in [-0.25, -0.2) is 28.7 Å². The maximum atomic E-state index is 13.5. The second-order valence-corrected chi connectivity index (χ2v) is 7.35. The van der Waals surface area contributed by atoms with Gasteiger partial charge in [-0.15, -0.1) is 0 Å². The van der Waals surface area contributed by atoms with Crippen molar-refractivity contribution in [3.63, 3.8) is 0 Å². The highest BCUT2D eigenvalue weighted by Crippen LogP contribution is 2.33. The fourth-order valence-electron chi connectivity index (χ4n) is 3.82. The maximum absolute atomic E-state index is 13.5. The summed E-state index contributed by atoms with van der Waals surface area (Å²) in [5.41, 5.74) is 3.68. The summed E-state index contributed by atoms with van der Waals surface area (Å²) in [4.78, 5) is 20.7. The van der Waals surface area contributed by atoms with Crippen LogP contribution in [0.15, 0.2) is 54.9 Å². The fourth-order valence-corrected chi connectivity index (χ4v) is 3.82. The van der Waals surface area contributed by atoms with E-state index in [4.69, 9.17) is 9.97 Å². The highest BCUT2D eigenvalue weighted by molar-refractivity contribution is 5.89. The maximum Gasteiger partial charge on any atom is 0.184 e. The van der Waals surface area contributed by atoms with Crippen molar-refractivity contribution in [2.45, 2.75) is 19.3 Å². The van der Waals surface area contributed by atoms with Gasteiger partial charge in [0.2, 0.25) is 0 Å². The van der Waals surface area contributed by atoms with Crippen LogP contribution in [0.25, 0.3) is 33.7 Å². The number of rotatable bonds is 3. The molecule has 30 heavy (non-hydrogen) atoms. The van der Waals surface area contributed by atoms with Crippen LogP contribution in [0.1, 0.15) is 19.3 Å². The van der Waals surface area contributed by atoms with Crippen molar-refractivity contribution in [1.82, 2.24) is 19.9 Å². The molecule has 1 aliphatic rings. The first-order valence-corrected chi connectivity index (χ1v) is 9.98. The Morgan fingerprint density at radius 2 is 1.23 bits per heavy atom. The molecule has 0 bridgehead atoms. The van der Waals surface area contributed by atoms with E-state index in [2.05, 4.69) is 14.9 Å². The lowest BCUT2D eigenvalue weighted by atomic mass is 10.0. The molecule has 1 saturated heterocycles. The van der Waals surface area contributed by atoms with Gasteiger partial charge in [-0.3, -0.25) is 0 Å². The molecule has 150 valence electrons. The van der Waals surface area contributed by atoms with Crippen LogP contribution in [0, 0.1) is 11.6 Å². The Morgan fingerprint density at radius 1 is 0.667 bits per heavy atom. The summed E-state index contributed by atoms with van der Waals surface area (Å²) in [6, 6.07) is 12.2. The number of fused-ring (bicyclic) bond motifs is 1. The van der Waals surface area contributed by atoms with Crippen molar-refractivity contribution in [2.24, 2.45) is 0 Å². The van der Waals surface area contributed by atoms with Gasteiger partial charge in [0, 0.05) is 24.2 Å². The summed E-state index contributed by atoms with van der Waals surface area (Å²) in [5.74, 6) is 0.111. The van der Waals surface area contributed by atoms with E-state index in [-0.39, 0.29) is 11.6 Å². The molecule has 4 aromatic rings. The molecular weight excluding hydrogens is 384 g/mol. The normalized spacial score (nSPS) is 14.3. The minimum absolute atomic E-state index is 0.326. The Bertz CT molecular complexity index is 1190. The molecule has 1 fully saturated rings. The van der Waals surface area contributed by atoms with E-state index < -0.39 is 0 Å². The van der Waals surface area contributed by atoms with E-state index in [0.717, 1.165) is 37.3 Å². The lowest BCUT2D eigenvalue weighted by Gasteiger charge is -2.28. The average molecular weight is 403 g/mol. The summed E-state index contributed by atoms with van der Waals surface area (Å²) in [6.07, 6.45) is 4.93. The fraction of sp³-hybridized carbons (Fsp3) is 0.217.